The molecule has 0 fully saturated rings. The van der Waals surface area contributed by atoms with Gasteiger partial charge in [0.25, 0.3) is 11.5 Å². The highest BCUT2D eigenvalue weighted by Crippen LogP contribution is 2.21. The van der Waals surface area contributed by atoms with Crippen LogP contribution < -0.4 is 16.2 Å². The topological polar surface area (TPSA) is 124 Å². The summed E-state index contributed by atoms with van der Waals surface area (Å²) >= 11 is 1.34. The van der Waals surface area contributed by atoms with E-state index in [0.717, 1.165) is 0 Å². The molecule has 0 atom stereocenters. The van der Waals surface area contributed by atoms with Crippen LogP contribution in [0.25, 0.3) is 10.7 Å². The van der Waals surface area contributed by atoms with Gasteiger partial charge in [-0.2, -0.15) is 0 Å². The fourth-order valence-corrected chi connectivity index (χ4v) is 2.32. The van der Waals surface area contributed by atoms with Gasteiger partial charge in [-0.05, 0) is 11.4 Å². The molecule has 2 aromatic rings. The molecule has 2 amide bonds. The molecule has 0 aliphatic carbocycles. The van der Waals surface area contributed by atoms with Crippen LogP contribution in [0.1, 0.15) is 17.4 Å². The molecular weight excluding hydrogens is 308 g/mol. The second kappa shape index (κ2) is 6.85. The molecule has 8 nitrogen and oxygen atoms in total. The lowest BCUT2D eigenvalue weighted by Crippen LogP contribution is -2.34. The molecule has 0 unspecified atom stereocenters. The zero-order chi connectivity index (χ0) is 16.1. The van der Waals surface area contributed by atoms with Crippen molar-refractivity contribution < 1.29 is 14.7 Å². The van der Waals surface area contributed by atoms with Gasteiger partial charge in [-0.3, -0.25) is 14.4 Å². The van der Waals surface area contributed by atoms with Gasteiger partial charge >= 0.3 is 0 Å². The number of nitrogens with one attached hydrogen (secondary N) is 3. The van der Waals surface area contributed by atoms with E-state index in [0.29, 0.717) is 4.88 Å². The summed E-state index contributed by atoms with van der Waals surface area (Å²) in [5.74, 6) is -1.43. The number of carbonyl (C=O) groups excluding carboxylic acids is 2. The Labute approximate surface area is 129 Å². The Kier molecular flexibility index (Phi) is 4.89. The number of thiophene rings is 1. The molecule has 9 heteroatoms. The first kappa shape index (κ1) is 15.7. The van der Waals surface area contributed by atoms with E-state index in [-0.39, 0.29) is 30.5 Å². The summed E-state index contributed by atoms with van der Waals surface area (Å²) in [6.45, 7) is 1.75. The highest BCUT2D eigenvalue weighted by atomic mass is 32.1. The Morgan fingerprint density at radius 3 is 2.73 bits per heavy atom. The van der Waals surface area contributed by atoms with E-state index in [1.54, 1.807) is 17.5 Å². The largest absolute Gasteiger partial charge is 0.501 e. The minimum Gasteiger partial charge on any atom is -0.501 e. The predicted octanol–water partition coefficient (Wildman–Crippen LogP) is 0.0699. The maximum atomic E-state index is 12.0. The first-order valence-corrected chi connectivity index (χ1v) is 7.27. The first-order chi connectivity index (χ1) is 10.5. The van der Waals surface area contributed by atoms with Crippen LogP contribution in [0.15, 0.2) is 22.3 Å². The highest BCUT2D eigenvalue weighted by molar-refractivity contribution is 7.13. The number of hydrogen-bond donors (Lipinski definition) is 4. The van der Waals surface area contributed by atoms with Crippen molar-refractivity contribution in [3.8, 4) is 16.5 Å². The van der Waals surface area contributed by atoms with Gasteiger partial charge in [0.15, 0.2) is 11.5 Å². The second-order valence-electron chi connectivity index (χ2n) is 4.33. The summed E-state index contributed by atoms with van der Waals surface area (Å²) in [5, 5.41) is 16.5. The zero-order valence-corrected chi connectivity index (χ0v) is 12.5. The Bertz CT molecular complexity index is 739. The second-order valence-corrected chi connectivity index (χ2v) is 5.28. The molecule has 0 aliphatic rings. The van der Waals surface area contributed by atoms with Gasteiger partial charge in [-0.1, -0.05) is 6.07 Å². The average Bonchev–Trinajstić information content (AvgIpc) is 3.00. The van der Waals surface area contributed by atoms with Crippen molar-refractivity contribution in [1.29, 1.82) is 0 Å². The number of amides is 2. The van der Waals surface area contributed by atoms with Gasteiger partial charge in [0, 0.05) is 20.0 Å². The monoisotopic (exact) mass is 322 g/mol. The van der Waals surface area contributed by atoms with Crippen LogP contribution in [0.4, 0.5) is 0 Å². The van der Waals surface area contributed by atoms with Crippen LogP contribution in [0.5, 0.6) is 5.75 Å². The number of aromatic amines is 1. The molecule has 2 heterocycles. The standard InChI is InChI=1S/C13H14N4O4S/c1-7(18)14-4-5-15-12(20)9-10(19)13(21)17-11(16-9)8-3-2-6-22-8/h2-3,6,19H,4-5H2,1H3,(H,14,18)(H,15,20)(H,16,17,21). The zero-order valence-electron chi connectivity index (χ0n) is 11.7. The lowest BCUT2D eigenvalue weighted by Gasteiger charge is -2.07. The van der Waals surface area contributed by atoms with Crippen LogP contribution >= 0.6 is 11.3 Å². The van der Waals surface area contributed by atoms with E-state index in [1.165, 1.54) is 18.3 Å². The minimum absolute atomic E-state index is 0.153. The number of rotatable bonds is 5. The van der Waals surface area contributed by atoms with E-state index >= 15 is 0 Å². The average molecular weight is 322 g/mol. The molecule has 0 aromatic carbocycles. The van der Waals surface area contributed by atoms with E-state index in [2.05, 4.69) is 20.6 Å². The Morgan fingerprint density at radius 2 is 2.09 bits per heavy atom. The van der Waals surface area contributed by atoms with Crippen LogP contribution in [0.2, 0.25) is 0 Å². The van der Waals surface area contributed by atoms with Crippen LogP contribution in [0, 0.1) is 0 Å². The van der Waals surface area contributed by atoms with Crippen LogP contribution in [0.3, 0.4) is 0 Å². The molecule has 116 valence electrons. The van der Waals surface area contributed by atoms with Gasteiger partial charge in [0.1, 0.15) is 0 Å². The van der Waals surface area contributed by atoms with Gasteiger partial charge in [-0.25, -0.2) is 4.98 Å². The van der Waals surface area contributed by atoms with Gasteiger partial charge in [-0.15, -0.1) is 11.3 Å². The van der Waals surface area contributed by atoms with Gasteiger partial charge in [0.2, 0.25) is 11.7 Å². The van der Waals surface area contributed by atoms with E-state index in [1.807, 2.05) is 0 Å². The van der Waals surface area contributed by atoms with Crippen molar-refractivity contribution in [2.45, 2.75) is 6.92 Å². The Balaban J connectivity index is 2.17. The van der Waals surface area contributed by atoms with Crippen LogP contribution in [-0.2, 0) is 4.79 Å². The molecule has 2 rings (SSSR count). The molecule has 0 radical (unpaired) electrons. The fraction of sp³-hybridized carbons (Fsp3) is 0.231. The maximum absolute atomic E-state index is 12.0. The smallest absolute Gasteiger partial charge is 0.294 e. The molecular formula is C13H14N4O4S. The van der Waals surface area contributed by atoms with E-state index < -0.39 is 17.2 Å². The van der Waals surface area contributed by atoms with Crippen molar-refractivity contribution in [3.05, 3.63) is 33.6 Å². The lowest BCUT2D eigenvalue weighted by atomic mass is 10.3. The molecule has 0 saturated heterocycles. The number of H-pyrrole nitrogens is 1. The first-order valence-electron chi connectivity index (χ1n) is 6.39. The third-order valence-electron chi connectivity index (χ3n) is 2.65. The molecule has 0 aliphatic heterocycles. The highest BCUT2D eigenvalue weighted by Gasteiger charge is 2.18. The number of hydrogen-bond acceptors (Lipinski definition) is 6. The van der Waals surface area contributed by atoms with Crippen molar-refractivity contribution in [3.63, 3.8) is 0 Å². The number of carbonyl (C=O) groups is 2. The summed E-state index contributed by atoms with van der Waals surface area (Å²) in [5.41, 5.74) is -1.14. The third-order valence-corrected chi connectivity index (χ3v) is 3.53. The summed E-state index contributed by atoms with van der Waals surface area (Å²) in [6, 6.07) is 3.51. The molecule has 0 spiro atoms. The van der Waals surface area contributed by atoms with Gasteiger partial charge < -0.3 is 20.7 Å². The SMILES string of the molecule is CC(=O)NCCNC(=O)c1nc(-c2cccs2)[nH]c(=O)c1O. The number of aromatic hydroxyl groups is 1. The third kappa shape index (κ3) is 3.70. The minimum atomic E-state index is -0.787. The number of aromatic nitrogens is 2. The fourth-order valence-electron chi connectivity index (χ4n) is 1.65. The summed E-state index contributed by atoms with van der Waals surface area (Å²) < 4.78 is 0. The molecule has 0 bridgehead atoms. The molecule has 2 aromatic heterocycles. The van der Waals surface area contributed by atoms with Crippen molar-refractivity contribution in [2.75, 3.05) is 13.1 Å². The van der Waals surface area contributed by atoms with E-state index in [9.17, 15) is 19.5 Å². The number of nitrogens with zero attached hydrogens (tertiary/aromatic N) is 1. The molecule has 22 heavy (non-hydrogen) atoms. The van der Waals surface area contributed by atoms with Gasteiger partial charge in [0.05, 0.1) is 4.88 Å². The normalized spacial score (nSPS) is 10.2. The lowest BCUT2D eigenvalue weighted by molar-refractivity contribution is -0.118. The van der Waals surface area contributed by atoms with Crippen molar-refractivity contribution >= 4 is 23.2 Å². The Morgan fingerprint density at radius 1 is 1.36 bits per heavy atom. The van der Waals surface area contributed by atoms with Crippen LogP contribution in [-0.4, -0.2) is 40.0 Å². The summed E-state index contributed by atoms with van der Waals surface area (Å²) in [7, 11) is 0. The molecule has 4 N–H and O–H groups in total. The predicted molar refractivity (Wildman–Crippen MR) is 80.9 cm³/mol. The van der Waals surface area contributed by atoms with Crippen molar-refractivity contribution in [2.24, 2.45) is 0 Å². The van der Waals surface area contributed by atoms with E-state index in [4.69, 9.17) is 0 Å². The summed E-state index contributed by atoms with van der Waals surface area (Å²) in [6.07, 6.45) is 0. The van der Waals surface area contributed by atoms with Crippen molar-refractivity contribution in [1.82, 2.24) is 20.6 Å². The molecule has 0 saturated carbocycles. The maximum Gasteiger partial charge on any atom is 0.294 e. The summed E-state index contributed by atoms with van der Waals surface area (Å²) in [4.78, 5) is 41.5. The Hall–Kier alpha value is -2.68. The quantitative estimate of drug-likeness (QED) is 0.580.